The molecule has 2 aliphatic heterocycles. The van der Waals surface area contributed by atoms with E-state index in [0.29, 0.717) is 6.10 Å². The summed E-state index contributed by atoms with van der Waals surface area (Å²) in [6.45, 7) is 2.20. The summed E-state index contributed by atoms with van der Waals surface area (Å²) < 4.78 is 12.1. The number of hydrogen-bond donors (Lipinski definition) is 1. The number of ether oxygens (including phenoxy) is 2. The summed E-state index contributed by atoms with van der Waals surface area (Å²) in [4.78, 5) is 0. The third-order valence-corrected chi connectivity index (χ3v) is 4.11. The molecular weight excluding hydrogens is 204 g/mol. The maximum Gasteiger partial charge on any atom is 0.115 e. The first-order valence-electron chi connectivity index (χ1n) is 6.44. The quantitative estimate of drug-likeness (QED) is 0.727. The molecule has 3 aliphatic rings. The molecule has 0 amide bonds. The van der Waals surface area contributed by atoms with Gasteiger partial charge in [0.2, 0.25) is 0 Å². The first-order valence-corrected chi connectivity index (χ1v) is 6.44. The summed E-state index contributed by atoms with van der Waals surface area (Å²) in [5, 5.41) is 9.74. The summed E-state index contributed by atoms with van der Waals surface area (Å²) >= 11 is 0. The molecule has 3 nitrogen and oxygen atoms in total. The average Bonchev–Trinajstić information content (AvgIpc) is 2.59. The highest BCUT2D eigenvalue weighted by Crippen LogP contribution is 2.46. The van der Waals surface area contributed by atoms with Crippen LogP contribution >= 0.6 is 0 Å². The average molecular weight is 224 g/mol. The molecular formula is C13H20O3. The minimum atomic E-state index is -0.440. The number of hydrogen-bond acceptors (Lipinski definition) is 3. The molecule has 1 aliphatic carbocycles. The Labute approximate surface area is 96.4 Å². The Balaban J connectivity index is 1.80. The van der Waals surface area contributed by atoms with Crippen molar-refractivity contribution in [1.29, 1.82) is 0 Å². The Morgan fingerprint density at radius 2 is 2.31 bits per heavy atom. The number of rotatable bonds is 2. The molecule has 2 heterocycles. The van der Waals surface area contributed by atoms with Gasteiger partial charge in [0.15, 0.2) is 0 Å². The van der Waals surface area contributed by atoms with Crippen molar-refractivity contribution in [3.8, 4) is 0 Å². The number of fused-ring (bicyclic) bond motifs is 1. The van der Waals surface area contributed by atoms with Crippen molar-refractivity contribution in [2.45, 2.75) is 69.0 Å². The van der Waals surface area contributed by atoms with E-state index in [1.165, 1.54) is 6.42 Å². The highest BCUT2D eigenvalue weighted by Gasteiger charge is 2.54. The van der Waals surface area contributed by atoms with E-state index in [-0.39, 0.29) is 17.8 Å². The molecule has 0 aromatic rings. The van der Waals surface area contributed by atoms with E-state index in [0.717, 1.165) is 25.7 Å². The molecule has 2 saturated heterocycles. The van der Waals surface area contributed by atoms with Gasteiger partial charge in [-0.25, -0.2) is 0 Å². The topological polar surface area (TPSA) is 38.7 Å². The summed E-state index contributed by atoms with van der Waals surface area (Å²) in [6, 6.07) is 0. The van der Waals surface area contributed by atoms with Crippen molar-refractivity contribution < 1.29 is 14.6 Å². The normalized spacial score (nSPS) is 50.4. The van der Waals surface area contributed by atoms with Crippen LogP contribution in [0.3, 0.4) is 0 Å². The van der Waals surface area contributed by atoms with Gasteiger partial charge in [0.25, 0.3) is 0 Å². The number of aliphatic hydroxyl groups excluding tert-OH is 1. The van der Waals surface area contributed by atoms with Crippen molar-refractivity contribution in [2.24, 2.45) is 0 Å². The SMILES string of the molecule is CCCC1CC[C@@H]2O[C@@H]3C[C@]2(C=C[C@H]3O)O1. The fourth-order valence-corrected chi connectivity index (χ4v) is 3.29. The van der Waals surface area contributed by atoms with Crippen molar-refractivity contribution in [3.63, 3.8) is 0 Å². The van der Waals surface area contributed by atoms with Crippen LogP contribution in [-0.4, -0.2) is 35.1 Å². The van der Waals surface area contributed by atoms with Gasteiger partial charge in [-0.05, 0) is 19.3 Å². The lowest BCUT2D eigenvalue weighted by molar-refractivity contribution is -0.141. The second kappa shape index (κ2) is 3.83. The Morgan fingerprint density at radius 3 is 3.12 bits per heavy atom. The van der Waals surface area contributed by atoms with E-state index in [4.69, 9.17) is 9.47 Å². The second-order valence-electron chi connectivity index (χ2n) is 5.28. The van der Waals surface area contributed by atoms with Gasteiger partial charge in [-0.1, -0.05) is 25.5 Å². The van der Waals surface area contributed by atoms with Crippen molar-refractivity contribution in [3.05, 3.63) is 12.2 Å². The van der Waals surface area contributed by atoms with Crippen LogP contribution in [0.4, 0.5) is 0 Å². The van der Waals surface area contributed by atoms with Crippen LogP contribution in [0.15, 0.2) is 12.2 Å². The minimum absolute atomic E-state index is 0.0459. The monoisotopic (exact) mass is 224 g/mol. The second-order valence-corrected chi connectivity index (χ2v) is 5.28. The van der Waals surface area contributed by atoms with Crippen LogP contribution in [0, 0.1) is 0 Å². The van der Waals surface area contributed by atoms with E-state index in [1.807, 2.05) is 12.2 Å². The van der Waals surface area contributed by atoms with Crippen LogP contribution < -0.4 is 0 Å². The van der Waals surface area contributed by atoms with Gasteiger partial charge in [0.1, 0.15) is 5.60 Å². The van der Waals surface area contributed by atoms with Gasteiger partial charge in [-0.3, -0.25) is 0 Å². The van der Waals surface area contributed by atoms with Gasteiger partial charge in [-0.2, -0.15) is 0 Å². The lowest BCUT2D eigenvalue weighted by Crippen LogP contribution is -2.47. The molecule has 16 heavy (non-hydrogen) atoms. The van der Waals surface area contributed by atoms with E-state index in [9.17, 15) is 5.11 Å². The number of aliphatic hydroxyl groups is 1. The Hall–Kier alpha value is -0.380. The van der Waals surface area contributed by atoms with Gasteiger partial charge >= 0.3 is 0 Å². The summed E-state index contributed by atoms with van der Waals surface area (Å²) in [5.74, 6) is 0. The fourth-order valence-electron chi connectivity index (χ4n) is 3.29. The maximum absolute atomic E-state index is 9.74. The molecule has 0 aromatic carbocycles. The predicted molar refractivity (Wildman–Crippen MR) is 60.2 cm³/mol. The summed E-state index contributed by atoms with van der Waals surface area (Å²) in [7, 11) is 0. The first kappa shape index (κ1) is 10.8. The van der Waals surface area contributed by atoms with E-state index < -0.39 is 6.10 Å². The summed E-state index contributed by atoms with van der Waals surface area (Å²) in [6.07, 6.45) is 9.25. The van der Waals surface area contributed by atoms with E-state index in [2.05, 4.69) is 6.92 Å². The zero-order valence-electron chi connectivity index (χ0n) is 9.76. The van der Waals surface area contributed by atoms with Gasteiger partial charge < -0.3 is 14.6 Å². The maximum atomic E-state index is 9.74. The van der Waals surface area contributed by atoms with Crippen LogP contribution in [0.25, 0.3) is 0 Å². The molecule has 1 unspecified atom stereocenters. The third kappa shape index (κ3) is 1.53. The largest absolute Gasteiger partial charge is 0.386 e. The molecule has 0 radical (unpaired) electrons. The molecule has 2 fully saturated rings. The van der Waals surface area contributed by atoms with Crippen LogP contribution in [0.5, 0.6) is 0 Å². The highest BCUT2D eigenvalue weighted by atomic mass is 16.6. The van der Waals surface area contributed by atoms with Gasteiger partial charge in [0, 0.05) is 6.42 Å². The van der Waals surface area contributed by atoms with Crippen LogP contribution in [-0.2, 0) is 9.47 Å². The Morgan fingerprint density at radius 1 is 1.44 bits per heavy atom. The fraction of sp³-hybridized carbons (Fsp3) is 0.846. The molecule has 90 valence electrons. The smallest absolute Gasteiger partial charge is 0.115 e. The Bertz CT molecular complexity index is 302. The molecule has 3 rings (SSSR count). The molecule has 2 bridgehead atoms. The van der Waals surface area contributed by atoms with E-state index >= 15 is 0 Å². The zero-order valence-corrected chi connectivity index (χ0v) is 9.76. The highest BCUT2D eigenvalue weighted by molar-refractivity contribution is 5.21. The van der Waals surface area contributed by atoms with Crippen LogP contribution in [0.2, 0.25) is 0 Å². The van der Waals surface area contributed by atoms with Crippen molar-refractivity contribution in [2.75, 3.05) is 0 Å². The lowest BCUT2D eigenvalue weighted by Gasteiger charge is -2.40. The molecule has 0 saturated carbocycles. The molecule has 5 atom stereocenters. The van der Waals surface area contributed by atoms with Gasteiger partial charge in [0.05, 0.1) is 24.4 Å². The lowest BCUT2D eigenvalue weighted by atomic mass is 9.82. The predicted octanol–water partition coefficient (Wildman–Crippen LogP) is 1.79. The standard InChI is InChI=1S/C13H20O3/c1-2-3-9-4-5-12-13(16-9)7-6-10(14)11(8-13)15-12/h6-7,9-12,14H,2-5,8H2,1H3/t9?,10-,11-,12+,13+/m1/s1. The van der Waals surface area contributed by atoms with Crippen molar-refractivity contribution in [1.82, 2.24) is 0 Å². The molecule has 3 heteroatoms. The van der Waals surface area contributed by atoms with Crippen LogP contribution in [0.1, 0.15) is 39.0 Å². The first-order chi connectivity index (χ1) is 7.73. The summed E-state index contributed by atoms with van der Waals surface area (Å²) in [5.41, 5.74) is -0.220. The third-order valence-electron chi connectivity index (χ3n) is 4.11. The zero-order chi connectivity index (χ0) is 11.2. The molecule has 0 aromatic heterocycles. The minimum Gasteiger partial charge on any atom is -0.386 e. The molecule has 1 N–H and O–H groups in total. The van der Waals surface area contributed by atoms with Gasteiger partial charge in [-0.15, -0.1) is 0 Å². The van der Waals surface area contributed by atoms with Crippen molar-refractivity contribution >= 4 is 0 Å². The van der Waals surface area contributed by atoms with E-state index in [1.54, 1.807) is 0 Å². The Kier molecular flexibility index (Phi) is 2.57. The molecule has 1 spiro atoms.